The second-order valence-corrected chi connectivity index (χ2v) is 6.64. The SMILES string of the molecule is CCCOc1c(Cl)cc(C=CC(=O)NC2CCC(O)CC2)cc1OC. The van der Waals surface area contributed by atoms with Crippen LogP contribution in [-0.2, 0) is 4.79 Å². The summed E-state index contributed by atoms with van der Waals surface area (Å²) in [6.07, 6.45) is 6.93. The molecule has 0 saturated heterocycles. The van der Waals surface area contributed by atoms with Gasteiger partial charge in [-0.3, -0.25) is 4.79 Å². The van der Waals surface area contributed by atoms with Crippen LogP contribution in [0.1, 0.15) is 44.6 Å². The smallest absolute Gasteiger partial charge is 0.244 e. The molecule has 1 fully saturated rings. The van der Waals surface area contributed by atoms with Gasteiger partial charge in [0.2, 0.25) is 5.91 Å². The van der Waals surface area contributed by atoms with Crippen LogP contribution >= 0.6 is 11.6 Å². The van der Waals surface area contributed by atoms with Gasteiger partial charge in [-0.25, -0.2) is 0 Å². The minimum Gasteiger partial charge on any atom is -0.493 e. The van der Waals surface area contributed by atoms with Gasteiger partial charge in [0.25, 0.3) is 0 Å². The summed E-state index contributed by atoms with van der Waals surface area (Å²) in [5, 5.41) is 12.9. The number of halogens is 1. The zero-order valence-corrected chi connectivity index (χ0v) is 15.5. The Bertz CT molecular complexity index is 610. The van der Waals surface area contributed by atoms with Gasteiger partial charge in [0, 0.05) is 12.1 Å². The molecule has 25 heavy (non-hydrogen) atoms. The lowest BCUT2D eigenvalue weighted by Crippen LogP contribution is -2.37. The molecule has 0 bridgehead atoms. The lowest BCUT2D eigenvalue weighted by atomic mass is 9.93. The largest absolute Gasteiger partial charge is 0.493 e. The first kappa shape index (κ1) is 19.6. The van der Waals surface area contributed by atoms with Crippen molar-refractivity contribution in [1.29, 1.82) is 0 Å². The summed E-state index contributed by atoms with van der Waals surface area (Å²) >= 11 is 6.27. The zero-order chi connectivity index (χ0) is 18.2. The Labute approximate surface area is 154 Å². The summed E-state index contributed by atoms with van der Waals surface area (Å²) in [6.45, 7) is 2.58. The molecule has 0 radical (unpaired) electrons. The van der Waals surface area contributed by atoms with Gasteiger partial charge in [-0.2, -0.15) is 0 Å². The van der Waals surface area contributed by atoms with Crippen molar-refractivity contribution < 1.29 is 19.4 Å². The molecule has 6 heteroatoms. The van der Waals surface area contributed by atoms with Crippen molar-refractivity contribution in [1.82, 2.24) is 5.32 Å². The number of benzene rings is 1. The van der Waals surface area contributed by atoms with Crippen LogP contribution in [0.5, 0.6) is 11.5 Å². The number of carbonyl (C=O) groups excluding carboxylic acids is 1. The average Bonchev–Trinajstić information content (AvgIpc) is 2.60. The summed E-state index contributed by atoms with van der Waals surface area (Å²) < 4.78 is 11.0. The van der Waals surface area contributed by atoms with Crippen LogP contribution in [0.4, 0.5) is 0 Å². The number of methoxy groups -OCH3 is 1. The van der Waals surface area contributed by atoms with E-state index in [1.54, 1.807) is 25.3 Å². The molecule has 1 amide bonds. The van der Waals surface area contributed by atoms with Gasteiger partial charge in [0.05, 0.1) is 24.8 Å². The van der Waals surface area contributed by atoms with Crippen molar-refractivity contribution in [3.8, 4) is 11.5 Å². The highest BCUT2D eigenvalue weighted by Crippen LogP contribution is 2.36. The third-order valence-electron chi connectivity index (χ3n) is 4.17. The minimum atomic E-state index is -0.230. The monoisotopic (exact) mass is 367 g/mol. The number of carbonyl (C=O) groups is 1. The van der Waals surface area contributed by atoms with Crippen molar-refractivity contribution in [2.24, 2.45) is 0 Å². The molecule has 2 rings (SSSR count). The van der Waals surface area contributed by atoms with Gasteiger partial charge in [-0.15, -0.1) is 0 Å². The maximum Gasteiger partial charge on any atom is 0.244 e. The third kappa shape index (κ3) is 5.94. The third-order valence-corrected chi connectivity index (χ3v) is 4.45. The Morgan fingerprint density at radius 2 is 2.08 bits per heavy atom. The highest BCUT2D eigenvalue weighted by molar-refractivity contribution is 6.32. The van der Waals surface area contributed by atoms with Crippen LogP contribution in [0.3, 0.4) is 0 Å². The first-order chi connectivity index (χ1) is 12.0. The zero-order valence-electron chi connectivity index (χ0n) is 14.8. The van der Waals surface area contributed by atoms with E-state index in [1.807, 2.05) is 6.92 Å². The molecule has 1 aliphatic rings. The Kier molecular flexibility index (Phi) is 7.59. The van der Waals surface area contributed by atoms with Crippen LogP contribution in [-0.4, -0.2) is 36.9 Å². The summed E-state index contributed by atoms with van der Waals surface area (Å²) in [5.74, 6) is 0.915. The quantitative estimate of drug-likeness (QED) is 0.723. The van der Waals surface area contributed by atoms with Gasteiger partial charge in [0.1, 0.15) is 0 Å². The highest BCUT2D eigenvalue weighted by atomic mass is 35.5. The molecule has 138 valence electrons. The number of amides is 1. The molecule has 1 aromatic rings. The van der Waals surface area contributed by atoms with E-state index >= 15 is 0 Å². The Morgan fingerprint density at radius 3 is 2.72 bits per heavy atom. The normalized spacial score (nSPS) is 20.5. The fourth-order valence-electron chi connectivity index (χ4n) is 2.82. The fraction of sp³-hybridized carbons (Fsp3) is 0.526. The number of aliphatic hydroxyl groups is 1. The van der Waals surface area contributed by atoms with Crippen molar-refractivity contribution >= 4 is 23.6 Å². The predicted molar refractivity (Wildman–Crippen MR) is 99.2 cm³/mol. The van der Waals surface area contributed by atoms with Crippen molar-refractivity contribution in [3.05, 3.63) is 28.8 Å². The molecule has 1 saturated carbocycles. The van der Waals surface area contributed by atoms with E-state index < -0.39 is 0 Å². The van der Waals surface area contributed by atoms with E-state index in [0.717, 1.165) is 37.7 Å². The maximum absolute atomic E-state index is 12.1. The van der Waals surface area contributed by atoms with Crippen LogP contribution in [0.15, 0.2) is 18.2 Å². The molecular weight excluding hydrogens is 342 g/mol. The van der Waals surface area contributed by atoms with Crippen LogP contribution in [0, 0.1) is 0 Å². The number of rotatable bonds is 7. The summed E-state index contributed by atoms with van der Waals surface area (Å²) in [7, 11) is 1.56. The lowest BCUT2D eigenvalue weighted by Gasteiger charge is -2.25. The molecular formula is C19H26ClNO4. The average molecular weight is 368 g/mol. The maximum atomic E-state index is 12.1. The standard InChI is InChI=1S/C19H26ClNO4/c1-3-10-25-19-16(20)11-13(12-17(19)24-2)4-9-18(23)21-14-5-7-15(22)8-6-14/h4,9,11-12,14-15,22H,3,5-8,10H2,1-2H3,(H,21,23). The number of hydrogen-bond acceptors (Lipinski definition) is 4. The molecule has 1 aromatic carbocycles. The van der Waals surface area contributed by atoms with E-state index in [1.165, 1.54) is 6.08 Å². The molecule has 2 N–H and O–H groups in total. The second kappa shape index (κ2) is 9.68. The summed E-state index contributed by atoms with van der Waals surface area (Å²) in [5.41, 5.74) is 0.764. The molecule has 5 nitrogen and oxygen atoms in total. The van der Waals surface area contributed by atoms with Crippen molar-refractivity contribution in [3.63, 3.8) is 0 Å². The summed E-state index contributed by atoms with van der Waals surface area (Å²) in [6, 6.07) is 3.66. The highest BCUT2D eigenvalue weighted by Gasteiger charge is 2.20. The van der Waals surface area contributed by atoms with Gasteiger partial charge < -0.3 is 19.9 Å². The minimum absolute atomic E-state index is 0.128. The predicted octanol–water partition coefficient (Wildman–Crippen LogP) is 3.57. The molecule has 0 aromatic heterocycles. The molecule has 0 spiro atoms. The first-order valence-corrected chi connectivity index (χ1v) is 9.08. The van der Waals surface area contributed by atoms with Crippen LogP contribution in [0.2, 0.25) is 5.02 Å². The van der Waals surface area contributed by atoms with Gasteiger partial charge >= 0.3 is 0 Å². The van der Waals surface area contributed by atoms with E-state index in [0.29, 0.717) is 23.1 Å². The molecule has 0 atom stereocenters. The number of hydrogen-bond donors (Lipinski definition) is 2. The molecule has 0 aliphatic heterocycles. The Hall–Kier alpha value is -1.72. The molecule has 0 heterocycles. The first-order valence-electron chi connectivity index (χ1n) is 8.70. The number of ether oxygens (including phenoxy) is 2. The van der Waals surface area contributed by atoms with Crippen LogP contribution in [0.25, 0.3) is 6.08 Å². The van der Waals surface area contributed by atoms with E-state index in [9.17, 15) is 9.90 Å². The Morgan fingerprint density at radius 1 is 1.36 bits per heavy atom. The Balaban J connectivity index is 1.99. The molecule has 1 aliphatic carbocycles. The summed E-state index contributed by atoms with van der Waals surface area (Å²) in [4.78, 5) is 12.1. The van der Waals surface area contributed by atoms with Crippen molar-refractivity contribution in [2.45, 2.75) is 51.2 Å². The number of nitrogens with one attached hydrogen (secondary N) is 1. The molecule has 0 unspecified atom stereocenters. The second-order valence-electron chi connectivity index (χ2n) is 6.23. The van der Waals surface area contributed by atoms with E-state index in [-0.39, 0.29) is 18.1 Å². The van der Waals surface area contributed by atoms with E-state index in [2.05, 4.69) is 5.32 Å². The van der Waals surface area contributed by atoms with Crippen LogP contribution < -0.4 is 14.8 Å². The van der Waals surface area contributed by atoms with Crippen molar-refractivity contribution in [2.75, 3.05) is 13.7 Å². The van der Waals surface area contributed by atoms with E-state index in [4.69, 9.17) is 21.1 Å². The number of aliphatic hydroxyl groups excluding tert-OH is 1. The van der Waals surface area contributed by atoms with Gasteiger partial charge in [-0.1, -0.05) is 18.5 Å². The van der Waals surface area contributed by atoms with Gasteiger partial charge in [0.15, 0.2) is 11.5 Å². The lowest BCUT2D eigenvalue weighted by molar-refractivity contribution is -0.117. The van der Waals surface area contributed by atoms with Gasteiger partial charge in [-0.05, 0) is 55.9 Å². The topological polar surface area (TPSA) is 67.8 Å². The fourth-order valence-corrected chi connectivity index (χ4v) is 3.10.